The SMILES string of the molecule is COC(=O)C1(Nc2ccccc2F)CCCC1. The molecule has 1 aromatic carbocycles. The van der Waals surface area contributed by atoms with E-state index in [1.54, 1.807) is 18.2 Å². The van der Waals surface area contributed by atoms with Crippen molar-refractivity contribution in [3.8, 4) is 0 Å². The highest BCUT2D eigenvalue weighted by Crippen LogP contribution is 2.34. The van der Waals surface area contributed by atoms with Crippen LogP contribution in [0.25, 0.3) is 0 Å². The van der Waals surface area contributed by atoms with E-state index in [-0.39, 0.29) is 11.8 Å². The zero-order valence-electron chi connectivity index (χ0n) is 9.83. The van der Waals surface area contributed by atoms with Gasteiger partial charge in [0.2, 0.25) is 0 Å². The molecule has 1 aromatic rings. The Kier molecular flexibility index (Phi) is 3.31. The Balaban J connectivity index is 2.25. The maximum absolute atomic E-state index is 13.6. The van der Waals surface area contributed by atoms with Crippen LogP contribution in [-0.4, -0.2) is 18.6 Å². The van der Waals surface area contributed by atoms with Crippen molar-refractivity contribution in [2.75, 3.05) is 12.4 Å². The molecule has 0 atom stereocenters. The molecule has 4 heteroatoms. The van der Waals surface area contributed by atoms with Crippen LogP contribution in [0, 0.1) is 5.82 Å². The van der Waals surface area contributed by atoms with Gasteiger partial charge in [-0.1, -0.05) is 25.0 Å². The lowest BCUT2D eigenvalue weighted by Crippen LogP contribution is -2.44. The highest BCUT2D eigenvalue weighted by Gasteiger charge is 2.42. The molecular formula is C13H16FNO2. The maximum atomic E-state index is 13.6. The molecule has 0 amide bonds. The van der Waals surface area contributed by atoms with E-state index in [4.69, 9.17) is 4.74 Å². The van der Waals surface area contributed by atoms with Gasteiger partial charge in [-0.2, -0.15) is 0 Å². The van der Waals surface area contributed by atoms with Crippen molar-refractivity contribution in [2.24, 2.45) is 0 Å². The number of nitrogens with one attached hydrogen (secondary N) is 1. The highest BCUT2D eigenvalue weighted by molar-refractivity contribution is 5.85. The molecule has 2 rings (SSSR count). The van der Waals surface area contributed by atoms with Gasteiger partial charge >= 0.3 is 5.97 Å². The summed E-state index contributed by atoms with van der Waals surface area (Å²) < 4.78 is 18.4. The van der Waals surface area contributed by atoms with Crippen molar-refractivity contribution in [2.45, 2.75) is 31.2 Å². The summed E-state index contributed by atoms with van der Waals surface area (Å²) in [6.07, 6.45) is 3.29. The lowest BCUT2D eigenvalue weighted by molar-refractivity contribution is -0.145. The molecule has 3 nitrogen and oxygen atoms in total. The zero-order chi connectivity index (χ0) is 12.3. The largest absolute Gasteiger partial charge is 0.467 e. The minimum Gasteiger partial charge on any atom is -0.467 e. The molecule has 1 aliphatic rings. The van der Waals surface area contributed by atoms with Gasteiger partial charge in [0.15, 0.2) is 0 Å². The fraction of sp³-hybridized carbons (Fsp3) is 0.462. The number of carbonyl (C=O) groups is 1. The van der Waals surface area contributed by atoms with Gasteiger partial charge in [0.25, 0.3) is 0 Å². The zero-order valence-corrected chi connectivity index (χ0v) is 9.83. The quantitative estimate of drug-likeness (QED) is 0.821. The molecule has 1 aliphatic carbocycles. The molecular weight excluding hydrogens is 221 g/mol. The Labute approximate surface area is 100.0 Å². The van der Waals surface area contributed by atoms with Crippen molar-refractivity contribution in [1.29, 1.82) is 0 Å². The monoisotopic (exact) mass is 237 g/mol. The molecule has 0 aromatic heterocycles. The van der Waals surface area contributed by atoms with Crippen LogP contribution in [-0.2, 0) is 9.53 Å². The molecule has 17 heavy (non-hydrogen) atoms. The number of carbonyl (C=O) groups excluding carboxylic acids is 1. The molecule has 0 aliphatic heterocycles. The number of methoxy groups -OCH3 is 1. The third kappa shape index (κ3) is 2.25. The maximum Gasteiger partial charge on any atom is 0.331 e. The smallest absolute Gasteiger partial charge is 0.331 e. The van der Waals surface area contributed by atoms with E-state index in [1.165, 1.54) is 13.2 Å². The summed E-state index contributed by atoms with van der Waals surface area (Å²) in [5.74, 6) is -0.652. The van der Waals surface area contributed by atoms with Crippen LogP contribution in [0.3, 0.4) is 0 Å². The summed E-state index contributed by atoms with van der Waals surface area (Å²) in [4.78, 5) is 11.8. The number of halogens is 1. The van der Waals surface area contributed by atoms with Crippen molar-refractivity contribution >= 4 is 11.7 Å². The number of ether oxygens (including phenoxy) is 1. The van der Waals surface area contributed by atoms with Crippen molar-refractivity contribution in [1.82, 2.24) is 0 Å². The standard InChI is InChI=1S/C13H16FNO2/c1-17-12(16)13(8-4-5-9-13)15-11-7-3-2-6-10(11)14/h2-3,6-7,15H,4-5,8-9H2,1H3. The van der Waals surface area contributed by atoms with E-state index < -0.39 is 5.54 Å². The van der Waals surface area contributed by atoms with Crippen LogP contribution in [0.1, 0.15) is 25.7 Å². The third-order valence-electron chi connectivity index (χ3n) is 3.28. The summed E-state index contributed by atoms with van der Waals surface area (Å²) in [7, 11) is 1.37. The average molecular weight is 237 g/mol. The first-order chi connectivity index (χ1) is 8.18. The third-order valence-corrected chi connectivity index (χ3v) is 3.28. The number of hydrogen-bond acceptors (Lipinski definition) is 3. The molecule has 92 valence electrons. The fourth-order valence-electron chi connectivity index (χ4n) is 2.37. The average Bonchev–Trinajstić information content (AvgIpc) is 2.81. The summed E-state index contributed by atoms with van der Waals surface area (Å²) in [6, 6.07) is 6.38. The minimum atomic E-state index is -0.753. The van der Waals surface area contributed by atoms with Crippen LogP contribution in [0.4, 0.5) is 10.1 Å². The Morgan fingerprint density at radius 3 is 2.59 bits per heavy atom. The van der Waals surface area contributed by atoms with E-state index >= 15 is 0 Å². The van der Waals surface area contributed by atoms with E-state index in [1.807, 2.05) is 0 Å². The van der Waals surface area contributed by atoms with Crippen LogP contribution in [0.15, 0.2) is 24.3 Å². The molecule has 0 bridgehead atoms. The Morgan fingerprint density at radius 2 is 2.00 bits per heavy atom. The minimum absolute atomic E-state index is 0.307. The topological polar surface area (TPSA) is 38.3 Å². The van der Waals surface area contributed by atoms with E-state index in [2.05, 4.69) is 5.32 Å². The second-order valence-electron chi connectivity index (χ2n) is 4.39. The first kappa shape index (κ1) is 11.9. The lowest BCUT2D eigenvalue weighted by Gasteiger charge is -2.28. The number of rotatable bonds is 3. The van der Waals surface area contributed by atoms with Gasteiger partial charge < -0.3 is 10.1 Å². The van der Waals surface area contributed by atoms with Gasteiger partial charge in [-0.3, -0.25) is 0 Å². The van der Waals surface area contributed by atoms with Gasteiger partial charge in [-0.25, -0.2) is 9.18 Å². The van der Waals surface area contributed by atoms with Crippen molar-refractivity contribution in [3.05, 3.63) is 30.1 Å². The normalized spacial score (nSPS) is 17.8. The molecule has 0 heterocycles. The van der Waals surface area contributed by atoms with E-state index in [9.17, 15) is 9.18 Å². The molecule has 0 radical (unpaired) electrons. The predicted molar refractivity (Wildman–Crippen MR) is 63.2 cm³/mol. The van der Waals surface area contributed by atoms with Gasteiger partial charge in [0.05, 0.1) is 12.8 Å². The second kappa shape index (κ2) is 4.73. The van der Waals surface area contributed by atoms with Gasteiger partial charge in [0, 0.05) is 0 Å². The van der Waals surface area contributed by atoms with E-state index in [0.717, 1.165) is 12.8 Å². The fourth-order valence-corrected chi connectivity index (χ4v) is 2.37. The van der Waals surface area contributed by atoms with Gasteiger partial charge in [-0.05, 0) is 25.0 Å². The lowest BCUT2D eigenvalue weighted by atomic mass is 9.97. The second-order valence-corrected chi connectivity index (χ2v) is 4.39. The Bertz CT molecular complexity index is 414. The molecule has 1 N–H and O–H groups in total. The summed E-state index contributed by atoms with van der Waals surface area (Å²) in [6.45, 7) is 0. The molecule has 1 saturated carbocycles. The summed E-state index contributed by atoms with van der Waals surface area (Å²) in [5, 5.41) is 3.02. The molecule has 1 fully saturated rings. The first-order valence-electron chi connectivity index (χ1n) is 5.79. The number of hydrogen-bond donors (Lipinski definition) is 1. The number of anilines is 1. The first-order valence-corrected chi connectivity index (χ1v) is 5.79. The number of para-hydroxylation sites is 1. The number of esters is 1. The van der Waals surface area contributed by atoms with Crippen LogP contribution in [0.5, 0.6) is 0 Å². The van der Waals surface area contributed by atoms with Crippen molar-refractivity contribution < 1.29 is 13.9 Å². The molecule has 0 unspecified atom stereocenters. The summed E-state index contributed by atoms with van der Waals surface area (Å²) in [5.41, 5.74) is -0.392. The van der Waals surface area contributed by atoms with Crippen LogP contribution < -0.4 is 5.32 Å². The van der Waals surface area contributed by atoms with Crippen LogP contribution >= 0.6 is 0 Å². The molecule has 0 spiro atoms. The number of benzene rings is 1. The van der Waals surface area contributed by atoms with Gasteiger partial charge in [0.1, 0.15) is 11.4 Å². The van der Waals surface area contributed by atoms with Gasteiger partial charge in [-0.15, -0.1) is 0 Å². The summed E-state index contributed by atoms with van der Waals surface area (Å²) >= 11 is 0. The van der Waals surface area contributed by atoms with E-state index in [0.29, 0.717) is 18.5 Å². The highest BCUT2D eigenvalue weighted by atomic mass is 19.1. The van der Waals surface area contributed by atoms with Crippen LogP contribution in [0.2, 0.25) is 0 Å². The van der Waals surface area contributed by atoms with Crippen molar-refractivity contribution in [3.63, 3.8) is 0 Å². The Morgan fingerprint density at radius 1 is 1.35 bits per heavy atom. The molecule has 0 saturated heterocycles. The predicted octanol–water partition coefficient (Wildman–Crippen LogP) is 2.72. The Hall–Kier alpha value is -1.58.